The van der Waals surface area contributed by atoms with Crippen LogP contribution >= 0.6 is 0 Å². The second-order valence-corrected chi connectivity index (χ2v) is 4.05. The minimum atomic E-state index is -4.60. The molecule has 0 aromatic heterocycles. The van der Waals surface area contributed by atoms with E-state index >= 15 is 0 Å². The molecule has 0 spiro atoms. The van der Waals surface area contributed by atoms with Crippen molar-refractivity contribution in [1.82, 2.24) is 0 Å². The summed E-state index contributed by atoms with van der Waals surface area (Å²) in [6, 6.07) is 0. The number of ether oxygens (including phenoxy) is 1. The topological polar surface area (TPSA) is 43.4 Å². The van der Waals surface area contributed by atoms with Gasteiger partial charge in [0.15, 0.2) is 0 Å². The van der Waals surface area contributed by atoms with Gasteiger partial charge in [-0.25, -0.2) is 8.78 Å². The molecule has 0 radical (unpaired) electrons. The summed E-state index contributed by atoms with van der Waals surface area (Å²) >= 11 is 0. The van der Waals surface area contributed by atoms with Crippen molar-refractivity contribution < 1.29 is 25.8 Å². The van der Waals surface area contributed by atoms with Gasteiger partial charge in [0, 0.05) is 6.42 Å². The van der Waals surface area contributed by atoms with Crippen molar-refractivity contribution in [1.29, 1.82) is 0 Å². The first-order valence-corrected chi connectivity index (χ1v) is 4.78. The normalized spacial score (nSPS) is 27.1. The van der Waals surface area contributed by atoms with Gasteiger partial charge in [-0.3, -0.25) is 0 Å². The lowest BCUT2D eigenvalue weighted by atomic mass is 10.7. The second-order valence-electron chi connectivity index (χ2n) is 2.57. The molecule has 1 saturated carbocycles. The molecule has 0 saturated heterocycles. The molecule has 1 rings (SSSR count). The van der Waals surface area contributed by atoms with Crippen molar-refractivity contribution >= 4 is 10.2 Å². The maximum absolute atomic E-state index is 12.0. The van der Waals surface area contributed by atoms with Crippen LogP contribution in [0.2, 0.25) is 0 Å². The van der Waals surface area contributed by atoms with E-state index in [0.717, 1.165) is 0 Å². The van der Waals surface area contributed by atoms with Gasteiger partial charge >= 0.3 is 10.2 Å². The highest BCUT2D eigenvalue weighted by molar-refractivity contribution is 7.86. The summed E-state index contributed by atoms with van der Waals surface area (Å²) in [5, 5.41) is 0. The van der Waals surface area contributed by atoms with Gasteiger partial charge in [0.05, 0.1) is 6.61 Å². The highest BCUT2D eigenvalue weighted by Gasteiger charge is 2.58. The van der Waals surface area contributed by atoms with Crippen LogP contribution in [-0.2, 0) is 15.0 Å². The predicted molar refractivity (Wildman–Crippen MR) is 34.2 cm³/mol. The van der Waals surface area contributed by atoms with E-state index in [9.17, 15) is 21.1 Å². The molecule has 3 nitrogen and oxygen atoms in total. The Morgan fingerprint density at radius 1 is 1.50 bits per heavy atom. The van der Waals surface area contributed by atoms with Crippen LogP contribution in [0.25, 0.3) is 0 Å². The Bertz CT molecular complexity index is 261. The summed E-state index contributed by atoms with van der Waals surface area (Å²) < 4.78 is 59.9. The molecule has 0 N–H and O–H groups in total. The van der Waals surface area contributed by atoms with Gasteiger partial charge in [-0.1, -0.05) is 0 Å². The molecule has 1 unspecified atom stereocenters. The quantitative estimate of drug-likeness (QED) is 0.633. The van der Waals surface area contributed by atoms with E-state index in [1.807, 2.05) is 0 Å². The third kappa shape index (κ3) is 2.98. The van der Waals surface area contributed by atoms with Crippen molar-refractivity contribution in [3.05, 3.63) is 0 Å². The summed E-state index contributed by atoms with van der Waals surface area (Å²) in [4.78, 5) is 0. The van der Waals surface area contributed by atoms with Crippen LogP contribution in [0, 0.1) is 0 Å². The van der Waals surface area contributed by atoms with Gasteiger partial charge in [0.2, 0.25) is 0 Å². The molecule has 1 aliphatic rings. The van der Waals surface area contributed by atoms with Gasteiger partial charge in [-0.15, -0.1) is 3.89 Å². The van der Waals surface area contributed by atoms with E-state index in [0.29, 0.717) is 0 Å². The van der Waals surface area contributed by atoms with Crippen LogP contribution in [-0.4, -0.2) is 32.8 Å². The molecule has 0 aromatic carbocycles. The van der Waals surface area contributed by atoms with E-state index in [1.54, 1.807) is 0 Å². The fourth-order valence-electron chi connectivity index (χ4n) is 0.659. The number of alkyl halides is 2. The maximum atomic E-state index is 12.0. The average Bonchev–Trinajstić information content (AvgIpc) is 2.36. The molecular weight excluding hydrogens is 197 g/mol. The Labute approximate surface area is 67.7 Å². The second kappa shape index (κ2) is 2.88. The number of rotatable bonds is 4. The molecule has 1 fully saturated rings. The number of hydrogen-bond acceptors (Lipinski definition) is 3. The highest BCUT2D eigenvalue weighted by atomic mass is 32.3. The first-order chi connectivity index (χ1) is 5.31. The molecule has 72 valence electrons. The lowest BCUT2D eigenvalue weighted by molar-refractivity contribution is 0.0184. The molecule has 0 aliphatic heterocycles. The van der Waals surface area contributed by atoms with Crippen LogP contribution < -0.4 is 0 Å². The maximum Gasteiger partial charge on any atom is 0.304 e. The van der Waals surface area contributed by atoms with Crippen molar-refractivity contribution in [2.75, 3.05) is 12.4 Å². The fraction of sp³-hybridized carbons (Fsp3) is 1.00. The monoisotopic (exact) mass is 204 g/mol. The summed E-state index contributed by atoms with van der Waals surface area (Å²) in [5.74, 6) is -3.71. The van der Waals surface area contributed by atoms with E-state index in [2.05, 4.69) is 4.74 Å². The van der Waals surface area contributed by atoms with Crippen molar-refractivity contribution in [2.24, 2.45) is 0 Å². The summed E-state index contributed by atoms with van der Waals surface area (Å²) in [7, 11) is -4.60. The Balaban J connectivity index is 2.14. The van der Waals surface area contributed by atoms with E-state index in [4.69, 9.17) is 0 Å². The molecule has 0 bridgehead atoms. The molecule has 0 amide bonds. The van der Waals surface area contributed by atoms with Crippen LogP contribution in [0.5, 0.6) is 0 Å². The lowest BCUT2D eigenvalue weighted by Gasteiger charge is -1.99. The van der Waals surface area contributed by atoms with Crippen LogP contribution in [0.3, 0.4) is 0 Å². The third-order valence-electron chi connectivity index (χ3n) is 1.41. The molecule has 1 atom stereocenters. The summed E-state index contributed by atoms with van der Waals surface area (Å²) in [6.45, 7) is -0.515. The Kier molecular flexibility index (Phi) is 2.35. The molecule has 7 heteroatoms. The molecule has 0 heterocycles. The predicted octanol–water partition coefficient (Wildman–Crippen LogP) is 0.710. The summed E-state index contributed by atoms with van der Waals surface area (Å²) in [5.41, 5.74) is 0. The van der Waals surface area contributed by atoms with Gasteiger partial charge in [-0.2, -0.15) is 8.42 Å². The van der Waals surface area contributed by atoms with Gasteiger partial charge in [0.25, 0.3) is 5.92 Å². The largest absolute Gasteiger partial charge is 0.371 e. The van der Waals surface area contributed by atoms with Gasteiger partial charge in [0.1, 0.15) is 11.9 Å². The minimum absolute atomic E-state index is 0.403. The number of hydrogen-bond donors (Lipinski definition) is 0. The zero-order valence-electron chi connectivity index (χ0n) is 5.97. The minimum Gasteiger partial charge on any atom is -0.371 e. The van der Waals surface area contributed by atoms with Crippen molar-refractivity contribution in [2.45, 2.75) is 18.4 Å². The zero-order valence-corrected chi connectivity index (χ0v) is 6.78. The Hall–Kier alpha value is -0.300. The van der Waals surface area contributed by atoms with Crippen LogP contribution in [0.4, 0.5) is 12.7 Å². The van der Waals surface area contributed by atoms with E-state index in [1.165, 1.54) is 0 Å². The highest BCUT2D eigenvalue weighted by Crippen LogP contribution is 2.44. The fourth-order valence-corrected chi connectivity index (χ4v) is 0.954. The molecule has 0 aromatic rings. The van der Waals surface area contributed by atoms with Crippen molar-refractivity contribution in [3.8, 4) is 0 Å². The van der Waals surface area contributed by atoms with E-state index < -0.39 is 41.0 Å². The van der Waals surface area contributed by atoms with Crippen LogP contribution in [0.1, 0.15) is 6.42 Å². The first kappa shape index (κ1) is 9.79. The van der Waals surface area contributed by atoms with Gasteiger partial charge < -0.3 is 4.74 Å². The Morgan fingerprint density at radius 3 is 2.33 bits per heavy atom. The zero-order chi connectivity index (χ0) is 9.41. The number of halogens is 3. The van der Waals surface area contributed by atoms with Crippen molar-refractivity contribution in [3.63, 3.8) is 0 Å². The average molecular weight is 204 g/mol. The standard InChI is InChI=1S/C5H7F3O3S/c6-5(7)3-4(5)11-1-2-12(8,9)10/h4H,1-3H2. The molecular formula is C5H7F3O3S. The SMILES string of the molecule is O=S(=O)(F)CCOC1CC1(F)F. The van der Waals surface area contributed by atoms with E-state index in [-0.39, 0.29) is 0 Å². The molecule has 1 aliphatic carbocycles. The third-order valence-corrected chi connectivity index (χ3v) is 2.07. The smallest absolute Gasteiger partial charge is 0.304 e. The first-order valence-electron chi connectivity index (χ1n) is 3.23. The summed E-state index contributed by atoms with van der Waals surface area (Å²) in [6.07, 6.45) is -1.63. The van der Waals surface area contributed by atoms with Gasteiger partial charge in [-0.05, 0) is 0 Å². The lowest BCUT2D eigenvalue weighted by Crippen LogP contribution is -2.11. The molecule has 12 heavy (non-hydrogen) atoms. The van der Waals surface area contributed by atoms with Crippen LogP contribution in [0.15, 0.2) is 0 Å². The Morgan fingerprint density at radius 2 is 2.00 bits per heavy atom.